The van der Waals surface area contributed by atoms with Crippen LogP contribution in [0.1, 0.15) is 21.9 Å². The van der Waals surface area contributed by atoms with Crippen LogP contribution in [0.4, 0.5) is 0 Å². The Balaban J connectivity index is 1.93. The number of hydrogen-bond acceptors (Lipinski definition) is 1. The minimum atomic E-state index is 0.478. The minimum absolute atomic E-state index is 0.478. The van der Waals surface area contributed by atoms with Gasteiger partial charge in [-0.15, -0.1) is 11.8 Å². The Morgan fingerprint density at radius 1 is 0.750 bits per heavy atom. The van der Waals surface area contributed by atoms with Gasteiger partial charge in [-0.05, 0) is 39.6 Å². The molecular formula is C19H16S. The Kier molecular flexibility index (Phi) is 3.00. The molecule has 1 heteroatoms. The van der Waals surface area contributed by atoms with E-state index in [0.717, 1.165) is 0 Å². The van der Waals surface area contributed by atoms with Gasteiger partial charge in [-0.25, -0.2) is 0 Å². The summed E-state index contributed by atoms with van der Waals surface area (Å²) in [6.07, 6.45) is 1.20. The smallest absolute Gasteiger partial charge is 0.0555 e. The van der Waals surface area contributed by atoms with Crippen LogP contribution in [0.2, 0.25) is 0 Å². The van der Waals surface area contributed by atoms with Gasteiger partial charge in [0, 0.05) is 0 Å². The van der Waals surface area contributed by atoms with E-state index in [1.165, 1.54) is 39.6 Å². The number of rotatable bonds is 1. The van der Waals surface area contributed by atoms with Crippen LogP contribution in [0, 0.1) is 0 Å². The van der Waals surface area contributed by atoms with Gasteiger partial charge in [-0.2, -0.15) is 0 Å². The Hall–Kier alpha value is -1.73. The molecule has 1 aliphatic rings. The Morgan fingerprint density at radius 3 is 2.50 bits per heavy atom. The Labute approximate surface area is 123 Å². The molecule has 1 heterocycles. The zero-order chi connectivity index (χ0) is 13.4. The van der Waals surface area contributed by atoms with Gasteiger partial charge in [-0.3, -0.25) is 0 Å². The third kappa shape index (κ3) is 1.94. The van der Waals surface area contributed by atoms with Crippen molar-refractivity contribution in [3.8, 4) is 0 Å². The van der Waals surface area contributed by atoms with Gasteiger partial charge in [-0.1, -0.05) is 66.7 Å². The van der Waals surface area contributed by atoms with Crippen LogP contribution < -0.4 is 0 Å². The van der Waals surface area contributed by atoms with Crippen LogP contribution in [0.15, 0.2) is 66.7 Å². The average Bonchev–Trinajstić information content (AvgIpc) is 2.54. The second-order valence-corrected chi connectivity index (χ2v) is 6.48. The van der Waals surface area contributed by atoms with Crippen molar-refractivity contribution in [2.45, 2.75) is 11.7 Å². The summed E-state index contributed by atoms with van der Waals surface area (Å²) in [6.45, 7) is 0. The second kappa shape index (κ2) is 4.99. The SMILES string of the molecule is c1ccc2c(c1)CCSC2c1cccc2ccccc12. The molecule has 98 valence electrons. The molecule has 0 N–H and O–H groups in total. The van der Waals surface area contributed by atoms with Gasteiger partial charge in [0.1, 0.15) is 0 Å². The molecule has 0 fully saturated rings. The molecule has 20 heavy (non-hydrogen) atoms. The zero-order valence-corrected chi connectivity index (χ0v) is 12.1. The topological polar surface area (TPSA) is 0 Å². The maximum absolute atomic E-state index is 2.30. The van der Waals surface area contributed by atoms with Crippen molar-refractivity contribution in [3.63, 3.8) is 0 Å². The summed E-state index contributed by atoms with van der Waals surface area (Å²) in [7, 11) is 0. The molecule has 0 aromatic heterocycles. The first kappa shape index (κ1) is 12.0. The molecule has 0 aliphatic carbocycles. The molecule has 0 saturated heterocycles. The third-order valence-electron chi connectivity index (χ3n) is 4.10. The van der Waals surface area contributed by atoms with E-state index in [4.69, 9.17) is 0 Å². The fraction of sp³-hybridized carbons (Fsp3) is 0.158. The normalized spacial score (nSPS) is 17.9. The summed E-state index contributed by atoms with van der Waals surface area (Å²) >= 11 is 2.07. The van der Waals surface area contributed by atoms with Gasteiger partial charge in [0.05, 0.1) is 5.25 Å². The standard InChI is InChI=1S/C19H16S/c1-3-9-16-14(6-1)8-5-11-18(16)19-17-10-4-2-7-15(17)12-13-20-19/h1-11,19H,12-13H2. The van der Waals surface area contributed by atoms with Gasteiger partial charge in [0.15, 0.2) is 0 Å². The molecular weight excluding hydrogens is 260 g/mol. The van der Waals surface area contributed by atoms with Gasteiger partial charge in [0.25, 0.3) is 0 Å². The predicted octanol–water partition coefficient (Wildman–Crippen LogP) is 5.22. The lowest BCUT2D eigenvalue weighted by Crippen LogP contribution is -2.09. The van der Waals surface area contributed by atoms with Crippen LogP contribution in [0.5, 0.6) is 0 Å². The maximum atomic E-state index is 2.30. The first-order valence-corrected chi connectivity index (χ1v) is 8.15. The molecule has 0 spiro atoms. The van der Waals surface area contributed by atoms with E-state index >= 15 is 0 Å². The number of fused-ring (bicyclic) bond motifs is 2. The zero-order valence-electron chi connectivity index (χ0n) is 11.3. The third-order valence-corrected chi connectivity index (χ3v) is 5.38. The van der Waals surface area contributed by atoms with Crippen LogP contribution in [0.3, 0.4) is 0 Å². The number of benzene rings is 3. The number of aryl methyl sites for hydroxylation is 1. The van der Waals surface area contributed by atoms with Crippen LogP contribution >= 0.6 is 11.8 Å². The molecule has 1 atom stereocenters. The second-order valence-electron chi connectivity index (χ2n) is 5.27. The van der Waals surface area contributed by atoms with Crippen molar-refractivity contribution in [1.82, 2.24) is 0 Å². The lowest BCUT2D eigenvalue weighted by Gasteiger charge is -2.26. The van der Waals surface area contributed by atoms with Crippen molar-refractivity contribution in [3.05, 3.63) is 83.4 Å². The summed E-state index contributed by atoms with van der Waals surface area (Å²) in [5, 5.41) is 3.21. The summed E-state index contributed by atoms with van der Waals surface area (Å²) < 4.78 is 0. The fourth-order valence-corrected chi connectivity index (χ4v) is 4.50. The van der Waals surface area contributed by atoms with Gasteiger partial charge < -0.3 is 0 Å². The quantitative estimate of drug-likeness (QED) is 0.587. The highest BCUT2D eigenvalue weighted by Crippen LogP contribution is 2.43. The van der Waals surface area contributed by atoms with Crippen LogP contribution in [0.25, 0.3) is 10.8 Å². The van der Waals surface area contributed by atoms with E-state index in [-0.39, 0.29) is 0 Å². The summed E-state index contributed by atoms with van der Waals surface area (Å²) in [6, 6.07) is 24.3. The lowest BCUT2D eigenvalue weighted by molar-refractivity contribution is 1.02. The molecule has 1 unspecified atom stereocenters. The molecule has 1 aliphatic heterocycles. The molecule has 3 aromatic rings. The fourth-order valence-electron chi connectivity index (χ4n) is 3.13. The number of thioether (sulfide) groups is 1. The lowest BCUT2D eigenvalue weighted by atomic mass is 9.94. The molecule has 0 saturated carbocycles. The monoisotopic (exact) mass is 276 g/mol. The predicted molar refractivity (Wildman–Crippen MR) is 88.4 cm³/mol. The first-order chi connectivity index (χ1) is 9.93. The largest absolute Gasteiger partial charge is 0.149 e. The van der Waals surface area contributed by atoms with Crippen LogP contribution in [-0.2, 0) is 6.42 Å². The Morgan fingerprint density at radius 2 is 1.50 bits per heavy atom. The minimum Gasteiger partial charge on any atom is -0.149 e. The van der Waals surface area contributed by atoms with Crippen molar-refractivity contribution in [1.29, 1.82) is 0 Å². The van der Waals surface area contributed by atoms with E-state index in [0.29, 0.717) is 5.25 Å². The summed E-state index contributed by atoms with van der Waals surface area (Å²) in [4.78, 5) is 0. The van der Waals surface area contributed by atoms with Gasteiger partial charge >= 0.3 is 0 Å². The van der Waals surface area contributed by atoms with Crippen molar-refractivity contribution in [2.75, 3.05) is 5.75 Å². The van der Waals surface area contributed by atoms with Crippen molar-refractivity contribution in [2.24, 2.45) is 0 Å². The van der Waals surface area contributed by atoms with E-state index < -0.39 is 0 Å². The highest BCUT2D eigenvalue weighted by Gasteiger charge is 2.23. The highest BCUT2D eigenvalue weighted by atomic mass is 32.2. The van der Waals surface area contributed by atoms with Crippen molar-refractivity contribution >= 4 is 22.5 Å². The summed E-state index contributed by atoms with van der Waals surface area (Å²) in [5.74, 6) is 1.21. The molecule has 0 nitrogen and oxygen atoms in total. The van der Waals surface area contributed by atoms with E-state index in [1.54, 1.807) is 0 Å². The summed E-state index contributed by atoms with van der Waals surface area (Å²) in [5.41, 5.74) is 4.48. The average molecular weight is 276 g/mol. The number of hydrogen-bond donors (Lipinski definition) is 0. The van der Waals surface area contributed by atoms with E-state index in [2.05, 4.69) is 78.5 Å². The maximum Gasteiger partial charge on any atom is 0.0555 e. The molecule has 4 rings (SSSR count). The van der Waals surface area contributed by atoms with Gasteiger partial charge in [0.2, 0.25) is 0 Å². The highest BCUT2D eigenvalue weighted by molar-refractivity contribution is 7.99. The van der Waals surface area contributed by atoms with E-state index in [9.17, 15) is 0 Å². The molecule has 3 aromatic carbocycles. The Bertz CT molecular complexity index is 755. The van der Waals surface area contributed by atoms with E-state index in [1.807, 2.05) is 0 Å². The van der Waals surface area contributed by atoms with Crippen molar-refractivity contribution < 1.29 is 0 Å². The molecule has 0 radical (unpaired) electrons. The molecule has 0 amide bonds. The first-order valence-electron chi connectivity index (χ1n) is 7.10. The van der Waals surface area contributed by atoms with Crippen LogP contribution in [-0.4, -0.2) is 5.75 Å². The molecule has 0 bridgehead atoms.